The van der Waals surface area contributed by atoms with Crippen LogP contribution in [0.5, 0.6) is 11.6 Å². The van der Waals surface area contributed by atoms with Gasteiger partial charge in [-0.25, -0.2) is 4.98 Å². The first-order valence-electron chi connectivity index (χ1n) is 7.76. The van der Waals surface area contributed by atoms with E-state index in [4.69, 9.17) is 9.15 Å². The van der Waals surface area contributed by atoms with E-state index in [0.29, 0.717) is 5.88 Å². The van der Waals surface area contributed by atoms with Crippen molar-refractivity contribution in [3.8, 4) is 11.6 Å². The smallest absolute Gasteiger partial charge is 0.230 e. The molecular weight excluding hydrogens is 302 g/mol. The van der Waals surface area contributed by atoms with Crippen LogP contribution in [0.25, 0.3) is 16.7 Å². The maximum Gasteiger partial charge on any atom is 0.230 e. The molecule has 0 unspecified atom stereocenters. The van der Waals surface area contributed by atoms with E-state index in [1.807, 2.05) is 36.7 Å². The van der Waals surface area contributed by atoms with Crippen molar-refractivity contribution in [2.75, 3.05) is 13.6 Å². The standard InChI is InChI=1S/C19H17N3O2/c1-13-11-14(3-4-15(13)17-12-20-8-9-22(17)2)24-19-16-6-10-23-18(16)5-7-21-19/h3-8,10-12H,9H2,1-2H3. The summed E-state index contributed by atoms with van der Waals surface area (Å²) in [6.45, 7) is 2.89. The molecule has 3 heterocycles. The predicted molar refractivity (Wildman–Crippen MR) is 94.4 cm³/mol. The van der Waals surface area contributed by atoms with Gasteiger partial charge in [0, 0.05) is 25.0 Å². The molecule has 0 saturated heterocycles. The molecule has 0 spiro atoms. The minimum Gasteiger partial charge on any atom is -0.464 e. The molecule has 1 aliphatic heterocycles. The first-order valence-corrected chi connectivity index (χ1v) is 7.76. The van der Waals surface area contributed by atoms with Gasteiger partial charge in [0.25, 0.3) is 0 Å². The van der Waals surface area contributed by atoms with Gasteiger partial charge in [0.05, 0.1) is 30.1 Å². The number of pyridine rings is 1. The van der Waals surface area contributed by atoms with Gasteiger partial charge in [-0.1, -0.05) is 0 Å². The van der Waals surface area contributed by atoms with Gasteiger partial charge in [0.15, 0.2) is 0 Å². The summed E-state index contributed by atoms with van der Waals surface area (Å²) in [7, 11) is 2.06. The molecule has 0 fully saturated rings. The third-order valence-electron chi connectivity index (χ3n) is 4.10. The molecule has 0 atom stereocenters. The van der Waals surface area contributed by atoms with Crippen LogP contribution in [-0.2, 0) is 0 Å². The number of furan rings is 1. The van der Waals surface area contributed by atoms with Crippen LogP contribution in [0, 0.1) is 6.92 Å². The fourth-order valence-corrected chi connectivity index (χ4v) is 2.81. The molecular formula is C19H17N3O2. The highest BCUT2D eigenvalue weighted by molar-refractivity contribution is 5.82. The van der Waals surface area contributed by atoms with Gasteiger partial charge >= 0.3 is 0 Å². The lowest BCUT2D eigenvalue weighted by atomic mass is 10.0. The SMILES string of the molecule is Cc1cc(Oc2nccc3occc23)ccc1C1=CN=CCN1C. The van der Waals surface area contributed by atoms with Crippen molar-refractivity contribution in [2.24, 2.45) is 4.99 Å². The monoisotopic (exact) mass is 319 g/mol. The molecule has 1 aromatic carbocycles. The van der Waals surface area contributed by atoms with E-state index < -0.39 is 0 Å². The van der Waals surface area contributed by atoms with Crippen molar-refractivity contribution in [1.82, 2.24) is 9.88 Å². The van der Waals surface area contributed by atoms with E-state index >= 15 is 0 Å². The zero-order valence-electron chi connectivity index (χ0n) is 13.6. The normalized spacial score (nSPS) is 14.1. The number of nitrogens with zero attached hydrogens (tertiary/aromatic N) is 3. The third-order valence-corrected chi connectivity index (χ3v) is 4.10. The van der Waals surface area contributed by atoms with Gasteiger partial charge in [-0.15, -0.1) is 0 Å². The van der Waals surface area contributed by atoms with Crippen LogP contribution in [0.2, 0.25) is 0 Å². The quantitative estimate of drug-likeness (QED) is 0.724. The Hall–Kier alpha value is -3.08. The second kappa shape index (κ2) is 5.85. The molecule has 0 bridgehead atoms. The van der Waals surface area contributed by atoms with Crippen LogP contribution < -0.4 is 4.74 Å². The van der Waals surface area contributed by atoms with Crippen molar-refractivity contribution >= 4 is 22.9 Å². The summed E-state index contributed by atoms with van der Waals surface area (Å²) in [4.78, 5) is 10.7. The summed E-state index contributed by atoms with van der Waals surface area (Å²) in [5, 5.41) is 0.864. The summed E-state index contributed by atoms with van der Waals surface area (Å²) in [5.74, 6) is 1.30. The first-order chi connectivity index (χ1) is 11.7. The molecule has 0 aliphatic carbocycles. The molecule has 2 aromatic heterocycles. The number of ether oxygens (including phenoxy) is 1. The Morgan fingerprint density at radius 2 is 2.12 bits per heavy atom. The second-order valence-corrected chi connectivity index (χ2v) is 5.75. The lowest BCUT2D eigenvalue weighted by molar-refractivity contribution is 0.468. The molecule has 24 heavy (non-hydrogen) atoms. The zero-order valence-corrected chi connectivity index (χ0v) is 13.6. The van der Waals surface area contributed by atoms with Crippen molar-refractivity contribution < 1.29 is 9.15 Å². The third kappa shape index (κ3) is 2.54. The van der Waals surface area contributed by atoms with Gasteiger partial charge in [-0.05, 0) is 42.8 Å². The Labute approximate surface area is 139 Å². The van der Waals surface area contributed by atoms with Crippen LogP contribution in [0.4, 0.5) is 0 Å². The molecule has 1 aliphatic rings. The van der Waals surface area contributed by atoms with Crippen LogP contribution in [-0.4, -0.2) is 29.7 Å². The number of benzene rings is 1. The van der Waals surface area contributed by atoms with Crippen molar-refractivity contribution in [3.05, 3.63) is 60.1 Å². The van der Waals surface area contributed by atoms with E-state index in [9.17, 15) is 0 Å². The fraction of sp³-hybridized carbons (Fsp3) is 0.158. The number of aliphatic imine (C=N–C) groups is 1. The summed E-state index contributed by atoms with van der Waals surface area (Å²) >= 11 is 0. The van der Waals surface area contributed by atoms with Crippen LogP contribution >= 0.6 is 0 Å². The summed E-state index contributed by atoms with van der Waals surface area (Å²) < 4.78 is 11.4. The first kappa shape index (κ1) is 14.5. The molecule has 5 heteroatoms. The highest BCUT2D eigenvalue weighted by atomic mass is 16.5. The topological polar surface area (TPSA) is 50.9 Å². The Bertz CT molecular complexity index is 956. The van der Waals surface area contributed by atoms with Crippen LogP contribution in [0.1, 0.15) is 11.1 Å². The molecule has 3 aromatic rings. The van der Waals surface area contributed by atoms with Gasteiger partial charge in [0.2, 0.25) is 5.88 Å². The number of hydrogen-bond donors (Lipinski definition) is 0. The lowest BCUT2D eigenvalue weighted by Crippen LogP contribution is -2.21. The number of aryl methyl sites for hydroxylation is 1. The van der Waals surface area contributed by atoms with Gasteiger partial charge in [0.1, 0.15) is 11.3 Å². The average Bonchev–Trinajstić information content (AvgIpc) is 3.06. The van der Waals surface area contributed by atoms with Crippen molar-refractivity contribution in [2.45, 2.75) is 6.92 Å². The van der Waals surface area contributed by atoms with Gasteiger partial charge < -0.3 is 14.1 Å². The zero-order chi connectivity index (χ0) is 16.5. The maximum absolute atomic E-state index is 5.97. The van der Waals surface area contributed by atoms with E-state index in [1.165, 1.54) is 0 Å². The number of fused-ring (bicyclic) bond motifs is 1. The molecule has 120 valence electrons. The van der Waals surface area contributed by atoms with Gasteiger partial charge in [-0.2, -0.15) is 0 Å². The number of hydrogen-bond acceptors (Lipinski definition) is 5. The summed E-state index contributed by atoms with van der Waals surface area (Å²) in [6, 6.07) is 9.71. The molecule has 0 saturated carbocycles. The highest BCUT2D eigenvalue weighted by Crippen LogP contribution is 2.31. The van der Waals surface area contributed by atoms with Crippen molar-refractivity contribution in [3.63, 3.8) is 0 Å². The van der Waals surface area contributed by atoms with E-state index in [-0.39, 0.29) is 0 Å². The second-order valence-electron chi connectivity index (χ2n) is 5.75. The number of rotatable bonds is 3. The maximum atomic E-state index is 5.97. The van der Waals surface area contributed by atoms with E-state index in [2.05, 4.69) is 34.9 Å². The highest BCUT2D eigenvalue weighted by Gasteiger charge is 2.13. The molecule has 0 N–H and O–H groups in total. The average molecular weight is 319 g/mol. The molecule has 0 radical (unpaired) electrons. The Morgan fingerprint density at radius 3 is 2.96 bits per heavy atom. The van der Waals surface area contributed by atoms with Crippen molar-refractivity contribution in [1.29, 1.82) is 0 Å². The molecule has 5 nitrogen and oxygen atoms in total. The van der Waals surface area contributed by atoms with E-state index in [0.717, 1.165) is 40.1 Å². The Balaban J connectivity index is 1.66. The number of aromatic nitrogens is 1. The minimum atomic E-state index is 0.548. The van der Waals surface area contributed by atoms with Crippen LogP contribution in [0.15, 0.2) is 58.4 Å². The van der Waals surface area contributed by atoms with Gasteiger partial charge in [-0.3, -0.25) is 4.99 Å². The Morgan fingerprint density at radius 1 is 1.21 bits per heavy atom. The summed E-state index contributed by atoms with van der Waals surface area (Å²) in [5.41, 5.74) is 4.15. The largest absolute Gasteiger partial charge is 0.464 e. The molecule has 4 rings (SSSR count). The molecule has 0 amide bonds. The minimum absolute atomic E-state index is 0.548. The van der Waals surface area contributed by atoms with Crippen LogP contribution in [0.3, 0.4) is 0 Å². The lowest BCUT2D eigenvalue weighted by Gasteiger charge is -2.24. The van der Waals surface area contributed by atoms with E-state index in [1.54, 1.807) is 12.5 Å². The summed E-state index contributed by atoms with van der Waals surface area (Å²) in [6.07, 6.45) is 7.11. The predicted octanol–water partition coefficient (Wildman–Crippen LogP) is 4.24. The Kier molecular flexibility index (Phi) is 3.54. The fourth-order valence-electron chi connectivity index (χ4n) is 2.81.